The summed E-state index contributed by atoms with van der Waals surface area (Å²) in [6.07, 6.45) is 2.28. The standard InChI is InChI=1S/C16H15F2NO/c1-2-4-11-9-12(19)7-8-16(11)20-10-13-14(17)5-3-6-15(13)18/h2-3,5-9H,1,4,10,19H2. The van der Waals surface area contributed by atoms with Gasteiger partial charge in [-0.1, -0.05) is 12.1 Å². The molecule has 0 bridgehead atoms. The van der Waals surface area contributed by atoms with Gasteiger partial charge in [0, 0.05) is 5.69 Å². The van der Waals surface area contributed by atoms with Crippen LogP contribution in [-0.2, 0) is 13.0 Å². The molecule has 4 heteroatoms. The summed E-state index contributed by atoms with van der Waals surface area (Å²) in [5.41, 5.74) is 7.05. The monoisotopic (exact) mass is 275 g/mol. The fourth-order valence-electron chi connectivity index (χ4n) is 1.88. The van der Waals surface area contributed by atoms with Gasteiger partial charge in [0.15, 0.2) is 0 Å². The Morgan fingerprint density at radius 3 is 2.50 bits per heavy atom. The molecule has 2 aromatic rings. The summed E-state index contributed by atoms with van der Waals surface area (Å²) < 4.78 is 32.5. The maximum Gasteiger partial charge on any atom is 0.132 e. The quantitative estimate of drug-likeness (QED) is 0.664. The van der Waals surface area contributed by atoms with Crippen LogP contribution in [0.25, 0.3) is 0 Å². The van der Waals surface area contributed by atoms with E-state index in [1.165, 1.54) is 18.2 Å². The minimum atomic E-state index is -0.620. The third-order valence-electron chi connectivity index (χ3n) is 2.88. The molecule has 0 spiro atoms. The van der Waals surface area contributed by atoms with Crippen molar-refractivity contribution in [2.24, 2.45) is 0 Å². The van der Waals surface area contributed by atoms with E-state index in [1.54, 1.807) is 24.3 Å². The number of rotatable bonds is 5. The minimum Gasteiger partial charge on any atom is -0.488 e. The summed E-state index contributed by atoms with van der Waals surface area (Å²) in [5.74, 6) is -0.696. The van der Waals surface area contributed by atoms with Gasteiger partial charge in [-0.2, -0.15) is 0 Å². The molecule has 0 aromatic heterocycles. The van der Waals surface area contributed by atoms with Crippen molar-refractivity contribution in [3.8, 4) is 5.75 Å². The van der Waals surface area contributed by atoms with E-state index < -0.39 is 11.6 Å². The maximum atomic E-state index is 13.5. The number of hydrogen-bond acceptors (Lipinski definition) is 2. The number of benzene rings is 2. The van der Waals surface area contributed by atoms with Gasteiger partial charge in [-0.3, -0.25) is 0 Å². The Morgan fingerprint density at radius 2 is 1.85 bits per heavy atom. The SMILES string of the molecule is C=CCc1cc(N)ccc1OCc1c(F)cccc1F. The number of allylic oxidation sites excluding steroid dienone is 1. The van der Waals surface area contributed by atoms with E-state index >= 15 is 0 Å². The highest BCUT2D eigenvalue weighted by Crippen LogP contribution is 2.24. The predicted molar refractivity (Wildman–Crippen MR) is 75.4 cm³/mol. The smallest absolute Gasteiger partial charge is 0.132 e. The topological polar surface area (TPSA) is 35.2 Å². The van der Waals surface area contributed by atoms with Crippen molar-refractivity contribution in [1.29, 1.82) is 0 Å². The number of halogens is 2. The van der Waals surface area contributed by atoms with Crippen molar-refractivity contribution in [2.75, 3.05) is 5.73 Å². The first-order valence-corrected chi connectivity index (χ1v) is 6.17. The lowest BCUT2D eigenvalue weighted by Crippen LogP contribution is -2.03. The van der Waals surface area contributed by atoms with Crippen molar-refractivity contribution < 1.29 is 13.5 Å². The van der Waals surface area contributed by atoms with Crippen molar-refractivity contribution in [3.05, 3.63) is 71.8 Å². The molecule has 20 heavy (non-hydrogen) atoms. The Bertz CT molecular complexity index is 606. The molecule has 0 fully saturated rings. The molecular formula is C16H15F2NO. The third kappa shape index (κ3) is 3.15. The number of hydrogen-bond donors (Lipinski definition) is 1. The van der Waals surface area contributed by atoms with Gasteiger partial charge in [-0.25, -0.2) is 8.78 Å². The summed E-state index contributed by atoms with van der Waals surface area (Å²) in [6, 6.07) is 8.85. The first kappa shape index (κ1) is 14.1. The predicted octanol–water partition coefficient (Wildman–Crippen LogP) is 3.85. The second-order valence-corrected chi connectivity index (χ2v) is 4.35. The molecule has 0 saturated heterocycles. The molecule has 0 atom stereocenters. The molecule has 0 amide bonds. The van der Waals surface area contributed by atoms with Crippen LogP contribution in [0.2, 0.25) is 0 Å². The summed E-state index contributed by atoms with van der Waals surface area (Å²) in [4.78, 5) is 0. The Hall–Kier alpha value is -2.36. The average Bonchev–Trinajstić information content (AvgIpc) is 2.40. The molecule has 0 aliphatic rings. The molecule has 2 nitrogen and oxygen atoms in total. The molecule has 2 aromatic carbocycles. The van der Waals surface area contributed by atoms with Crippen LogP contribution in [0.15, 0.2) is 49.1 Å². The van der Waals surface area contributed by atoms with Crippen LogP contribution in [0.3, 0.4) is 0 Å². The molecule has 0 aliphatic heterocycles. The zero-order valence-corrected chi connectivity index (χ0v) is 10.9. The zero-order chi connectivity index (χ0) is 14.5. The van der Waals surface area contributed by atoms with Crippen LogP contribution >= 0.6 is 0 Å². The Labute approximate surface area is 116 Å². The highest BCUT2D eigenvalue weighted by molar-refractivity contribution is 5.48. The van der Waals surface area contributed by atoms with Crippen LogP contribution in [-0.4, -0.2) is 0 Å². The third-order valence-corrected chi connectivity index (χ3v) is 2.88. The summed E-state index contributed by atoms with van der Waals surface area (Å²) >= 11 is 0. The van der Waals surface area contributed by atoms with Crippen molar-refractivity contribution in [2.45, 2.75) is 13.0 Å². The van der Waals surface area contributed by atoms with Gasteiger partial charge in [0.05, 0.1) is 5.56 Å². The van der Waals surface area contributed by atoms with Gasteiger partial charge in [0.1, 0.15) is 24.0 Å². The lowest BCUT2D eigenvalue weighted by molar-refractivity contribution is 0.290. The molecule has 104 valence electrons. The molecule has 0 aliphatic carbocycles. The second-order valence-electron chi connectivity index (χ2n) is 4.35. The Kier molecular flexibility index (Phi) is 4.35. The Balaban J connectivity index is 2.20. The van der Waals surface area contributed by atoms with E-state index in [-0.39, 0.29) is 12.2 Å². The normalized spacial score (nSPS) is 10.3. The largest absolute Gasteiger partial charge is 0.488 e. The number of nitrogens with two attached hydrogens (primary N) is 1. The molecular weight excluding hydrogens is 260 g/mol. The van der Waals surface area contributed by atoms with Crippen molar-refractivity contribution in [1.82, 2.24) is 0 Å². The lowest BCUT2D eigenvalue weighted by atomic mass is 10.1. The average molecular weight is 275 g/mol. The van der Waals surface area contributed by atoms with Crippen LogP contribution in [0.4, 0.5) is 14.5 Å². The van der Waals surface area contributed by atoms with Gasteiger partial charge < -0.3 is 10.5 Å². The first-order chi connectivity index (χ1) is 9.61. The molecule has 2 N–H and O–H groups in total. The zero-order valence-electron chi connectivity index (χ0n) is 10.9. The number of ether oxygens (including phenoxy) is 1. The molecule has 0 saturated carbocycles. The van der Waals surface area contributed by atoms with Crippen LogP contribution in [0.5, 0.6) is 5.75 Å². The second kappa shape index (κ2) is 6.19. The lowest BCUT2D eigenvalue weighted by Gasteiger charge is -2.12. The number of anilines is 1. The first-order valence-electron chi connectivity index (χ1n) is 6.17. The fraction of sp³-hybridized carbons (Fsp3) is 0.125. The number of nitrogen functional groups attached to an aromatic ring is 1. The van der Waals surface area contributed by atoms with Crippen LogP contribution < -0.4 is 10.5 Å². The minimum absolute atomic E-state index is 0.0890. The van der Waals surface area contributed by atoms with Crippen LogP contribution in [0, 0.1) is 11.6 Å². The van der Waals surface area contributed by atoms with Crippen LogP contribution in [0.1, 0.15) is 11.1 Å². The van der Waals surface area contributed by atoms with Crippen molar-refractivity contribution >= 4 is 5.69 Å². The van der Waals surface area contributed by atoms with Crippen molar-refractivity contribution in [3.63, 3.8) is 0 Å². The van der Waals surface area contributed by atoms with Gasteiger partial charge >= 0.3 is 0 Å². The van der Waals surface area contributed by atoms with E-state index in [0.29, 0.717) is 17.9 Å². The Morgan fingerprint density at radius 1 is 1.15 bits per heavy atom. The summed E-state index contributed by atoms with van der Waals surface area (Å²) in [5, 5.41) is 0. The van der Waals surface area contributed by atoms with E-state index in [2.05, 4.69) is 6.58 Å². The van der Waals surface area contributed by atoms with Gasteiger partial charge in [-0.05, 0) is 42.3 Å². The maximum absolute atomic E-state index is 13.5. The molecule has 0 heterocycles. The fourth-order valence-corrected chi connectivity index (χ4v) is 1.88. The molecule has 0 radical (unpaired) electrons. The van der Waals surface area contributed by atoms with Gasteiger partial charge in [0.25, 0.3) is 0 Å². The van der Waals surface area contributed by atoms with E-state index in [9.17, 15) is 8.78 Å². The molecule has 2 rings (SSSR count). The highest BCUT2D eigenvalue weighted by atomic mass is 19.1. The molecule has 0 unspecified atom stereocenters. The van der Waals surface area contributed by atoms with Gasteiger partial charge in [0.2, 0.25) is 0 Å². The summed E-state index contributed by atoms with van der Waals surface area (Å²) in [7, 11) is 0. The van der Waals surface area contributed by atoms with E-state index in [4.69, 9.17) is 10.5 Å². The highest BCUT2D eigenvalue weighted by Gasteiger charge is 2.10. The van der Waals surface area contributed by atoms with Gasteiger partial charge in [-0.15, -0.1) is 6.58 Å². The van der Waals surface area contributed by atoms with E-state index in [0.717, 1.165) is 5.56 Å². The van der Waals surface area contributed by atoms with E-state index in [1.807, 2.05) is 0 Å². The summed E-state index contributed by atoms with van der Waals surface area (Å²) in [6.45, 7) is 3.48.